The molecule has 2 fully saturated rings. The van der Waals surface area contributed by atoms with Gasteiger partial charge in [-0.1, -0.05) is 0 Å². The number of hydrogen-bond acceptors (Lipinski definition) is 5. The van der Waals surface area contributed by atoms with Crippen LogP contribution in [0.15, 0.2) is 18.2 Å². The van der Waals surface area contributed by atoms with E-state index in [0.717, 1.165) is 6.42 Å². The van der Waals surface area contributed by atoms with Gasteiger partial charge in [0.15, 0.2) is 11.5 Å². The largest absolute Gasteiger partial charge is 0.481 e. The van der Waals surface area contributed by atoms with Crippen LogP contribution in [0.5, 0.6) is 11.5 Å². The lowest BCUT2D eigenvalue weighted by molar-refractivity contribution is -0.142. The first-order chi connectivity index (χ1) is 13.5. The van der Waals surface area contributed by atoms with Gasteiger partial charge in [-0.15, -0.1) is 0 Å². The predicted molar refractivity (Wildman–Crippen MR) is 98.1 cm³/mol. The van der Waals surface area contributed by atoms with Gasteiger partial charge in [-0.05, 0) is 56.7 Å². The standard InChI is InChI=1S/C20H24N2O6/c23-18(21-14-6-3-12(4-7-14)20(25)26)15-2-1-9-22(15)19(24)13-5-8-16-17(10-13)28-11-27-16/h5,8,10,12,14-15H,1-4,6-7,9,11H2,(H,21,23)(H,25,26). The third-order valence-corrected chi connectivity index (χ3v) is 5.86. The molecule has 2 amide bonds. The van der Waals surface area contributed by atoms with E-state index in [1.165, 1.54) is 0 Å². The second kappa shape index (κ2) is 7.69. The number of aliphatic carboxylic acids is 1. The van der Waals surface area contributed by atoms with Crippen molar-refractivity contribution >= 4 is 17.8 Å². The molecule has 28 heavy (non-hydrogen) atoms. The lowest BCUT2D eigenvalue weighted by Gasteiger charge is -2.30. The van der Waals surface area contributed by atoms with E-state index in [4.69, 9.17) is 14.6 Å². The Labute approximate surface area is 162 Å². The first-order valence-electron chi connectivity index (χ1n) is 9.76. The topological polar surface area (TPSA) is 105 Å². The van der Waals surface area contributed by atoms with E-state index in [2.05, 4.69) is 5.32 Å². The van der Waals surface area contributed by atoms with E-state index in [1.54, 1.807) is 23.1 Å². The number of likely N-dealkylation sites (tertiary alicyclic amines) is 1. The summed E-state index contributed by atoms with van der Waals surface area (Å²) in [5.74, 6) is -0.258. The summed E-state index contributed by atoms with van der Waals surface area (Å²) >= 11 is 0. The summed E-state index contributed by atoms with van der Waals surface area (Å²) in [7, 11) is 0. The van der Waals surface area contributed by atoms with Crippen molar-refractivity contribution < 1.29 is 29.0 Å². The van der Waals surface area contributed by atoms with Gasteiger partial charge < -0.3 is 24.8 Å². The molecule has 1 saturated carbocycles. The Kier molecular flexibility index (Phi) is 5.11. The smallest absolute Gasteiger partial charge is 0.306 e. The summed E-state index contributed by atoms with van der Waals surface area (Å²) in [4.78, 5) is 38.4. The first-order valence-corrected chi connectivity index (χ1v) is 9.76. The minimum absolute atomic E-state index is 0.0220. The van der Waals surface area contributed by atoms with E-state index in [0.29, 0.717) is 55.7 Å². The number of amides is 2. The van der Waals surface area contributed by atoms with Crippen LogP contribution in [0.1, 0.15) is 48.9 Å². The number of carbonyl (C=O) groups excluding carboxylic acids is 2. The third kappa shape index (κ3) is 3.63. The zero-order valence-corrected chi connectivity index (χ0v) is 15.6. The molecule has 0 spiro atoms. The Morgan fingerprint density at radius 2 is 1.79 bits per heavy atom. The van der Waals surface area contributed by atoms with E-state index < -0.39 is 12.0 Å². The van der Waals surface area contributed by atoms with Crippen molar-refractivity contribution in [2.75, 3.05) is 13.3 Å². The predicted octanol–water partition coefficient (Wildman–Crippen LogP) is 1.78. The number of ether oxygens (including phenoxy) is 2. The monoisotopic (exact) mass is 388 g/mol. The van der Waals surface area contributed by atoms with Gasteiger partial charge in [0.2, 0.25) is 12.7 Å². The Hall–Kier alpha value is -2.77. The summed E-state index contributed by atoms with van der Waals surface area (Å²) in [6, 6.07) is 4.55. The molecule has 150 valence electrons. The van der Waals surface area contributed by atoms with Crippen molar-refractivity contribution in [3.05, 3.63) is 23.8 Å². The maximum Gasteiger partial charge on any atom is 0.306 e. The lowest BCUT2D eigenvalue weighted by Crippen LogP contribution is -2.49. The number of fused-ring (bicyclic) bond motifs is 1. The van der Waals surface area contributed by atoms with Crippen LogP contribution in [-0.4, -0.2) is 53.2 Å². The average molecular weight is 388 g/mol. The van der Waals surface area contributed by atoms with Crippen LogP contribution >= 0.6 is 0 Å². The SMILES string of the molecule is O=C(O)C1CCC(NC(=O)C2CCCN2C(=O)c2ccc3c(c2)OCO3)CC1. The molecule has 0 aromatic heterocycles. The van der Waals surface area contributed by atoms with Gasteiger partial charge in [-0.25, -0.2) is 0 Å². The highest BCUT2D eigenvalue weighted by atomic mass is 16.7. The summed E-state index contributed by atoms with van der Waals surface area (Å²) in [5.41, 5.74) is 0.478. The van der Waals surface area contributed by atoms with Crippen molar-refractivity contribution in [3.8, 4) is 11.5 Å². The fraction of sp³-hybridized carbons (Fsp3) is 0.550. The van der Waals surface area contributed by atoms with Crippen LogP contribution < -0.4 is 14.8 Å². The summed E-state index contributed by atoms with van der Waals surface area (Å²) in [6.45, 7) is 0.683. The highest BCUT2D eigenvalue weighted by molar-refractivity contribution is 5.98. The molecule has 4 rings (SSSR count). The molecule has 1 aliphatic carbocycles. The van der Waals surface area contributed by atoms with Crippen molar-refractivity contribution in [2.45, 2.75) is 50.6 Å². The van der Waals surface area contributed by atoms with E-state index in [1.807, 2.05) is 0 Å². The molecule has 8 heteroatoms. The van der Waals surface area contributed by atoms with Crippen LogP contribution in [0.25, 0.3) is 0 Å². The average Bonchev–Trinajstić information content (AvgIpc) is 3.36. The van der Waals surface area contributed by atoms with Crippen molar-refractivity contribution in [3.63, 3.8) is 0 Å². The Balaban J connectivity index is 1.38. The Morgan fingerprint density at radius 3 is 2.54 bits per heavy atom. The second-order valence-electron chi connectivity index (χ2n) is 7.62. The van der Waals surface area contributed by atoms with Gasteiger partial charge in [0, 0.05) is 18.2 Å². The van der Waals surface area contributed by atoms with Gasteiger partial charge in [0.1, 0.15) is 6.04 Å². The Morgan fingerprint density at radius 1 is 1.04 bits per heavy atom. The van der Waals surface area contributed by atoms with Gasteiger partial charge in [0.05, 0.1) is 5.92 Å². The summed E-state index contributed by atoms with van der Waals surface area (Å²) in [5, 5.41) is 12.1. The molecule has 2 heterocycles. The molecule has 2 N–H and O–H groups in total. The number of carbonyl (C=O) groups is 3. The molecule has 8 nitrogen and oxygen atoms in total. The van der Waals surface area contributed by atoms with E-state index in [9.17, 15) is 14.4 Å². The van der Waals surface area contributed by atoms with Gasteiger partial charge in [-0.2, -0.15) is 0 Å². The lowest BCUT2D eigenvalue weighted by atomic mass is 9.86. The molecule has 0 radical (unpaired) electrons. The molecule has 1 atom stereocenters. The van der Waals surface area contributed by atoms with Crippen molar-refractivity contribution in [2.24, 2.45) is 5.92 Å². The van der Waals surface area contributed by atoms with Gasteiger partial charge >= 0.3 is 5.97 Å². The zero-order chi connectivity index (χ0) is 19.7. The number of nitrogens with one attached hydrogen (secondary N) is 1. The van der Waals surface area contributed by atoms with Crippen LogP contribution in [0, 0.1) is 5.92 Å². The minimum atomic E-state index is -0.763. The molecule has 0 bridgehead atoms. The fourth-order valence-electron chi connectivity index (χ4n) is 4.26. The number of benzene rings is 1. The highest BCUT2D eigenvalue weighted by Gasteiger charge is 2.36. The highest BCUT2D eigenvalue weighted by Crippen LogP contribution is 2.33. The fourth-order valence-corrected chi connectivity index (χ4v) is 4.26. The van der Waals surface area contributed by atoms with Crippen molar-refractivity contribution in [1.29, 1.82) is 0 Å². The third-order valence-electron chi connectivity index (χ3n) is 5.86. The maximum absolute atomic E-state index is 13.0. The number of nitrogens with zero attached hydrogens (tertiary/aromatic N) is 1. The second-order valence-corrected chi connectivity index (χ2v) is 7.62. The van der Waals surface area contributed by atoms with Crippen LogP contribution in [0.3, 0.4) is 0 Å². The quantitative estimate of drug-likeness (QED) is 0.815. The van der Waals surface area contributed by atoms with Crippen molar-refractivity contribution in [1.82, 2.24) is 10.2 Å². The van der Waals surface area contributed by atoms with Gasteiger partial charge in [-0.3, -0.25) is 14.4 Å². The molecule has 3 aliphatic rings. The molecule has 1 unspecified atom stereocenters. The molecule has 1 saturated heterocycles. The maximum atomic E-state index is 13.0. The number of carboxylic acids is 1. The van der Waals surface area contributed by atoms with Crippen LogP contribution in [0.4, 0.5) is 0 Å². The molecular weight excluding hydrogens is 364 g/mol. The first kappa shape index (κ1) is 18.6. The van der Waals surface area contributed by atoms with Gasteiger partial charge in [0.25, 0.3) is 5.91 Å². The minimum Gasteiger partial charge on any atom is -0.481 e. The Bertz CT molecular complexity index is 787. The number of hydrogen-bond donors (Lipinski definition) is 2. The number of rotatable bonds is 4. The van der Waals surface area contributed by atoms with Crippen LogP contribution in [0.2, 0.25) is 0 Å². The molecule has 1 aromatic carbocycles. The number of carboxylic acid groups (broad SMARTS) is 1. The van der Waals surface area contributed by atoms with E-state index in [-0.39, 0.29) is 30.6 Å². The van der Waals surface area contributed by atoms with E-state index >= 15 is 0 Å². The summed E-state index contributed by atoms with van der Waals surface area (Å²) < 4.78 is 10.6. The normalized spacial score (nSPS) is 26.1. The molecule has 1 aromatic rings. The molecule has 2 aliphatic heterocycles. The zero-order valence-electron chi connectivity index (χ0n) is 15.6. The van der Waals surface area contributed by atoms with Crippen LogP contribution in [-0.2, 0) is 9.59 Å². The molecular formula is C20H24N2O6. The summed E-state index contributed by atoms with van der Waals surface area (Å²) in [6.07, 6.45) is 3.87.